The number of nitro benzene ring substituents is 3. The van der Waals surface area contributed by atoms with Crippen molar-refractivity contribution in [2.24, 2.45) is 0 Å². The Morgan fingerprint density at radius 1 is 1.06 bits per heavy atom. The molecule has 2 heterocycles. The smallest absolute Gasteiger partial charge is 0.286 e. The van der Waals surface area contributed by atoms with Crippen molar-refractivity contribution in [2.45, 2.75) is 18.9 Å². The zero-order valence-electron chi connectivity index (χ0n) is 17.1. The molecular formula is C19H18N4O9. The van der Waals surface area contributed by atoms with Gasteiger partial charge in [-0.25, -0.2) is 0 Å². The third-order valence-electron chi connectivity index (χ3n) is 5.74. The van der Waals surface area contributed by atoms with Gasteiger partial charge in [-0.05, 0) is 25.1 Å². The van der Waals surface area contributed by atoms with Crippen LogP contribution in [-0.4, -0.2) is 47.2 Å². The Balaban J connectivity index is 1.90. The molecule has 0 aliphatic carbocycles. The van der Waals surface area contributed by atoms with Crippen LogP contribution in [0.2, 0.25) is 0 Å². The number of fused-ring (bicyclic) bond motifs is 2. The van der Waals surface area contributed by atoms with Gasteiger partial charge in [-0.3, -0.25) is 35.2 Å². The topological polar surface area (TPSA) is 160 Å². The van der Waals surface area contributed by atoms with Gasteiger partial charge in [0, 0.05) is 24.6 Å². The quantitative estimate of drug-likeness (QED) is 0.476. The Morgan fingerprint density at radius 2 is 1.72 bits per heavy atom. The number of likely N-dealkylation sites (N-methyl/N-ethyl adjacent to an activating group) is 1. The Labute approximate surface area is 180 Å². The van der Waals surface area contributed by atoms with Gasteiger partial charge in [0.05, 0.1) is 34.0 Å². The molecule has 2 aromatic carbocycles. The van der Waals surface area contributed by atoms with Crippen LogP contribution in [-0.2, 0) is 12.8 Å². The van der Waals surface area contributed by atoms with E-state index in [1.54, 1.807) is 7.05 Å². The van der Waals surface area contributed by atoms with Gasteiger partial charge in [0.2, 0.25) is 12.5 Å². The highest BCUT2D eigenvalue weighted by Gasteiger charge is 2.38. The van der Waals surface area contributed by atoms with E-state index < -0.39 is 37.9 Å². The maximum absolute atomic E-state index is 11.7. The molecule has 0 radical (unpaired) electrons. The molecule has 0 N–H and O–H groups in total. The molecule has 0 spiro atoms. The Morgan fingerprint density at radius 3 is 2.28 bits per heavy atom. The monoisotopic (exact) mass is 446 g/mol. The minimum Gasteiger partial charge on any atom is -0.492 e. The Bertz CT molecular complexity index is 1120. The van der Waals surface area contributed by atoms with Crippen LogP contribution in [0.25, 0.3) is 0 Å². The van der Waals surface area contributed by atoms with E-state index >= 15 is 0 Å². The fourth-order valence-electron chi connectivity index (χ4n) is 4.24. The van der Waals surface area contributed by atoms with E-state index in [2.05, 4.69) is 0 Å². The zero-order valence-corrected chi connectivity index (χ0v) is 17.1. The number of nitro groups is 3. The first kappa shape index (κ1) is 21.2. The summed E-state index contributed by atoms with van der Waals surface area (Å²) in [5, 5.41) is 34.6. The van der Waals surface area contributed by atoms with Crippen LogP contribution in [0.4, 0.5) is 17.1 Å². The third kappa shape index (κ3) is 3.41. The molecule has 2 aliphatic rings. The fourth-order valence-corrected chi connectivity index (χ4v) is 4.24. The zero-order chi connectivity index (χ0) is 23.2. The van der Waals surface area contributed by atoms with Crippen molar-refractivity contribution in [3.05, 3.63) is 65.2 Å². The lowest BCUT2D eigenvalue weighted by Gasteiger charge is -2.35. The van der Waals surface area contributed by atoms with Gasteiger partial charge in [0.1, 0.15) is 5.56 Å². The second-order valence-electron chi connectivity index (χ2n) is 7.40. The Hall–Kier alpha value is -4.00. The van der Waals surface area contributed by atoms with Crippen molar-refractivity contribution >= 4 is 17.1 Å². The molecule has 168 valence electrons. The lowest BCUT2D eigenvalue weighted by atomic mass is 9.86. The maximum atomic E-state index is 11.7. The molecular weight excluding hydrogens is 428 g/mol. The van der Waals surface area contributed by atoms with Crippen molar-refractivity contribution in [1.82, 2.24) is 4.90 Å². The van der Waals surface area contributed by atoms with Gasteiger partial charge < -0.3 is 14.2 Å². The predicted octanol–water partition coefficient (Wildman–Crippen LogP) is 2.92. The van der Waals surface area contributed by atoms with Crippen LogP contribution >= 0.6 is 0 Å². The SMILES string of the molecule is COc1c2c(cc3c1C(Cc1c([N+](=O)[O-])cc([N+](=O)[O-])cc1[N+](=O)[O-])N(C)CC3)OCO2. The van der Waals surface area contributed by atoms with Crippen molar-refractivity contribution in [2.75, 3.05) is 27.5 Å². The minimum atomic E-state index is -0.893. The fraction of sp³-hybridized carbons (Fsp3) is 0.368. The molecule has 0 bridgehead atoms. The molecule has 0 fully saturated rings. The second kappa shape index (κ2) is 7.92. The van der Waals surface area contributed by atoms with E-state index in [1.165, 1.54) is 7.11 Å². The molecule has 2 aromatic rings. The number of nitrogens with zero attached hydrogens (tertiary/aromatic N) is 4. The van der Waals surface area contributed by atoms with E-state index in [4.69, 9.17) is 14.2 Å². The minimum absolute atomic E-state index is 0.0222. The second-order valence-corrected chi connectivity index (χ2v) is 7.40. The third-order valence-corrected chi connectivity index (χ3v) is 5.74. The van der Waals surface area contributed by atoms with Gasteiger partial charge >= 0.3 is 0 Å². The summed E-state index contributed by atoms with van der Waals surface area (Å²) in [7, 11) is 3.25. The highest BCUT2D eigenvalue weighted by atomic mass is 16.7. The van der Waals surface area contributed by atoms with Gasteiger partial charge in [-0.1, -0.05) is 0 Å². The molecule has 1 atom stereocenters. The largest absolute Gasteiger partial charge is 0.492 e. The van der Waals surface area contributed by atoms with Crippen molar-refractivity contribution < 1.29 is 29.0 Å². The van der Waals surface area contributed by atoms with Crippen LogP contribution in [0, 0.1) is 30.3 Å². The number of benzene rings is 2. The lowest BCUT2D eigenvalue weighted by molar-refractivity contribution is -0.404. The molecule has 0 aromatic heterocycles. The van der Waals surface area contributed by atoms with E-state index in [-0.39, 0.29) is 18.8 Å². The molecule has 2 aliphatic heterocycles. The number of ether oxygens (including phenoxy) is 3. The van der Waals surface area contributed by atoms with Gasteiger partial charge in [-0.2, -0.15) is 0 Å². The van der Waals surface area contributed by atoms with Crippen molar-refractivity contribution in [1.29, 1.82) is 0 Å². The summed E-state index contributed by atoms with van der Waals surface area (Å²) in [6, 6.07) is 2.78. The summed E-state index contributed by atoms with van der Waals surface area (Å²) in [5.74, 6) is 1.33. The number of rotatable bonds is 6. The van der Waals surface area contributed by atoms with Crippen LogP contribution in [0.15, 0.2) is 18.2 Å². The van der Waals surface area contributed by atoms with Crippen molar-refractivity contribution in [3.63, 3.8) is 0 Å². The number of non-ortho nitro benzene ring substituents is 1. The van der Waals surface area contributed by atoms with E-state index in [0.29, 0.717) is 35.8 Å². The lowest BCUT2D eigenvalue weighted by Crippen LogP contribution is -2.34. The van der Waals surface area contributed by atoms with E-state index in [1.807, 2.05) is 11.0 Å². The first-order valence-electron chi connectivity index (χ1n) is 9.52. The molecule has 32 heavy (non-hydrogen) atoms. The summed E-state index contributed by atoms with van der Waals surface area (Å²) >= 11 is 0. The van der Waals surface area contributed by atoms with Crippen LogP contribution < -0.4 is 14.2 Å². The molecule has 13 nitrogen and oxygen atoms in total. The molecule has 0 saturated carbocycles. The highest BCUT2D eigenvalue weighted by Crippen LogP contribution is 2.50. The molecule has 0 amide bonds. The number of methoxy groups -OCH3 is 1. The predicted molar refractivity (Wildman–Crippen MR) is 108 cm³/mol. The Kier molecular flexibility index (Phi) is 5.26. The molecule has 1 unspecified atom stereocenters. The maximum Gasteiger partial charge on any atom is 0.286 e. The average Bonchev–Trinajstić information content (AvgIpc) is 3.21. The summed E-state index contributed by atoms with van der Waals surface area (Å²) < 4.78 is 16.6. The first-order chi connectivity index (χ1) is 15.2. The van der Waals surface area contributed by atoms with Gasteiger partial charge in [0.25, 0.3) is 17.1 Å². The van der Waals surface area contributed by atoms with E-state index in [0.717, 1.165) is 17.7 Å². The van der Waals surface area contributed by atoms with Gasteiger partial charge in [0.15, 0.2) is 11.5 Å². The summed E-state index contributed by atoms with van der Waals surface area (Å²) in [6.07, 6.45) is 0.504. The normalized spacial score (nSPS) is 17.0. The molecule has 4 rings (SSSR count). The van der Waals surface area contributed by atoms with Crippen molar-refractivity contribution in [3.8, 4) is 17.2 Å². The summed E-state index contributed by atoms with van der Waals surface area (Å²) in [4.78, 5) is 33.9. The number of hydrogen-bond acceptors (Lipinski definition) is 10. The van der Waals surface area contributed by atoms with Crippen LogP contribution in [0.1, 0.15) is 22.7 Å². The van der Waals surface area contributed by atoms with Crippen LogP contribution in [0.5, 0.6) is 17.2 Å². The summed E-state index contributed by atoms with van der Waals surface area (Å²) in [6.45, 7) is 0.601. The molecule has 0 saturated heterocycles. The summed E-state index contributed by atoms with van der Waals surface area (Å²) in [5.41, 5.74) is -0.702. The van der Waals surface area contributed by atoms with Gasteiger partial charge in [-0.15, -0.1) is 0 Å². The standard InChI is InChI=1S/C19H18N4O9/c1-20-4-3-10-5-16-18(32-9-31-16)19(30-2)17(10)15(20)8-12-13(22(26)27)6-11(21(24)25)7-14(12)23(28)29/h5-7,15H,3-4,8-9H2,1-2H3. The molecule has 13 heteroatoms. The first-order valence-corrected chi connectivity index (χ1v) is 9.52. The van der Waals surface area contributed by atoms with E-state index in [9.17, 15) is 30.3 Å². The number of hydrogen-bond donors (Lipinski definition) is 0. The highest BCUT2D eigenvalue weighted by molar-refractivity contribution is 5.64. The van der Waals surface area contributed by atoms with Crippen LogP contribution in [0.3, 0.4) is 0 Å². The average molecular weight is 446 g/mol.